The van der Waals surface area contributed by atoms with Crippen LogP contribution in [0.15, 0.2) is 30.5 Å². The number of fused-ring (bicyclic) bond motifs is 1. The molecule has 1 heterocycles. The quantitative estimate of drug-likeness (QED) is 0.413. The van der Waals surface area contributed by atoms with Crippen LogP contribution in [-0.4, -0.2) is 46.3 Å². The molecule has 11 heteroatoms. The average Bonchev–Trinajstić information content (AvgIpc) is 3.80. The van der Waals surface area contributed by atoms with E-state index in [1.807, 2.05) is 19.2 Å². The molecular formula is C28H34F3N5O3. The number of nitrogens with zero attached hydrogens (tertiary/aromatic N) is 2. The maximum Gasteiger partial charge on any atom is 0.405 e. The number of halogens is 3. The van der Waals surface area contributed by atoms with Crippen LogP contribution in [0.25, 0.3) is 0 Å². The summed E-state index contributed by atoms with van der Waals surface area (Å²) in [6, 6.07) is 6.07. The molecule has 0 aliphatic heterocycles. The maximum atomic E-state index is 13.7. The second kappa shape index (κ2) is 10.7. The van der Waals surface area contributed by atoms with Gasteiger partial charge in [-0.25, -0.2) is 0 Å². The number of rotatable bonds is 10. The van der Waals surface area contributed by atoms with Crippen molar-refractivity contribution < 1.29 is 27.6 Å². The highest BCUT2D eigenvalue weighted by Gasteiger charge is 2.48. The monoisotopic (exact) mass is 545 g/mol. The summed E-state index contributed by atoms with van der Waals surface area (Å²) in [6.45, 7) is 2.51. The third kappa shape index (κ3) is 6.28. The third-order valence-corrected chi connectivity index (χ3v) is 7.95. The largest absolute Gasteiger partial charge is 0.405 e. The molecule has 0 spiro atoms. The Kier molecular flexibility index (Phi) is 7.43. The first kappa shape index (κ1) is 27.2. The van der Waals surface area contributed by atoms with E-state index < -0.39 is 30.6 Å². The highest BCUT2D eigenvalue weighted by Crippen LogP contribution is 2.51. The highest BCUT2D eigenvalue weighted by atomic mass is 19.4. The van der Waals surface area contributed by atoms with Crippen molar-refractivity contribution in [1.29, 1.82) is 0 Å². The van der Waals surface area contributed by atoms with Gasteiger partial charge in [0.25, 0.3) is 5.91 Å². The summed E-state index contributed by atoms with van der Waals surface area (Å²) in [6.07, 6.45) is 2.21. The number of carbonyl (C=O) groups excluding carboxylic acids is 3. The Morgan fingerprint density at radius 1 is 1.05 bits per heavy atom. The molecule has 1 aromatic heterocycles. The van der Waals surface area contributed by atoms with Gasteiger partial charge in [-0.1, -0.05) is 6.07 Å². The molecule has 5 rings (SSSR count). The lowest BCUT2D eigenvalue weighted by molar-refractivity contribution is -0.139. The zero-order valence-corrected chi connectivity index (χ0v) is 22.1. The molecule has 0 radical (unpaired) electrons. The summed E-state index contributed by atoms with van der Waals surface area (Å²) in [5, 5.41) is 12.2. The molecule has 3 aliphatic carbocycles. The van der Waals surface area contributed by atoms with E-state index in [0.29, 0.717) is 41.6 Å². The van der Waals surface area contributed by atoms with E-state index in [2.05, 4.69) is 15.7 Å². The molecule has 3 N–H and O–H groups in total. The zero-order chi connectivity index (χ0) is 27.9. The Labute approximate surface area is 225 Å². The van der Waals surface area contributed by atoms with E-state index >= 15 is 0 Å². The Balaban J connectivity index is 1.31. The van der Waals surface area contributed by atoms with Gasteiger partial charge in [0.1, 0.15) is 18.3 Å². The number of hydrogen-bond donors (Lipinski definition) is 3. The molecular weight excluding hydrogens is 511 g/mol. The molecule has 1 aromatic carbocycles. The molecule has 2 saturated carbocycles. The molecule has 2 atom stereocenters. The van der Waals surface area contributed by atoms with E-state index in [-0.39, 0.29) is 23.8 Å². The van der Waals surface area contributed by atoms with Crippen molar-refractivity contribution in [2.24, 2.45) is 17.8 Å². The van der Waals surface area contributed by atoms with Crippen LogP contribution in [0.5, 0.6) is 0 Å². The van der Waals surface area contributed by atoms with Crippen LogP contribution < -0.4 is 16.0 Å². The summed E-state index contributed by atoms with van der Waals surface area (Å²) >= 11 is 0. The van der Waals surface area contributed by atoms with Gasteiger partial charge in [-0.15, -0.1) is 0 Å². The van der Waals surface area contributed by atoms with Gasteiger partial charge in [0, 0.05) is 17.9 Å². The predicted octanol–water partition coefficient (Wildman–Crippen LogP) is 4.35. The highest BCUT2D eigenvalue weighted by molar-refractivity contribution is 6.01. The average molecular weight is 546 g/mol. The molecule has 0 bridgehead atoms. The summed E-state index contributed by atoms with van der Waals surface area (Å²) in [5.41, 5.74) is 2.43. The van der Waals surface area contributed by atoms with Gasteiger partial charge in [0.15, 0.2) is 0 Å². The van der Waals surface area contributed by atoms with Gasteiger partial charge in [0.2, 0.25) is 11.8 Å². The van der Waals surface area contributed by atoms with Crippen molar-refractivity contribution in [2.45, 2.75) is 76.6 Å². The van der Waals surface area contributed by atoms with E-state index in [9.17, 15) is 27.6 Å². The maximum absolute atomic E-state index is 13.7. The van der Waals surface area contributed by atoms with Gasteiger partial charge < -0.3 is 16.0 Å². The van der Waals surface area contributed by atoms with Crippen molar-refractivity contribution >= 4 is 23.4 Å². The normalized spacial score (nSPS) is 19.6. The number of aromatic nitrogens is 2. The fourth-order valence-corrected chi connectivity index (χ4v) is 5.85. The number of amides is 3. The van der Waals surface area contributed by atoms with E-state index in [1.165, 1.54) is 0 Å². The van der Waals surface area contributed by atoms with Gasteiger partial charge >= 0.3 is 6.18 Å². The Bertz CT molecular complexity index is 1240. The van der Waals surface area contributed by atoms with Crippen LogP contribution in [0, 0.1) is 17.8 Å². The molecule has 210 valence electrons. The second-order valence-electron chi connectivity index (χ2n) is 11.3. The van der Waals surface area contributed by atoms with Crippen molar-refractivity contribution in [3.05, 3.63) is 47.3 Å². The fraction of sp³-hybridized carbons (Fsp3) is 0.571. The number of carbonyl (C=O) groups is 3. The standard InChI is InChI=1S/C28H34F3N5O3/c1-15(2)36-22(11-12-33-36)26(38)35-24(23(16-3-4-16)17-5-6-17)27(39)34-19-8-10-20-18(13-19)7-9-21(20)25(37)32-14-28(29,30)31/h8,10-13,15-17,21,23-24H,3-7,9,14H2,1-2H3,(H,32,37)(H,34,39)(H,35,38)/t21?,24-/m0/s1. The molecule has 3 amide bonds. The summed E-state index contributed by atoms with van der Waals surface area (Å²) in [7, 11) is 0. The van der Waals surface area contributed by atoms with Gasteiger partial charge in [0.05, 0.1) is 5.92 Å². The van der Waals surface area contributed by atoms with Crippen molar-refractivity contribution in [1.82, 2.24) is 20.4 Å². The first-order valence-electron chi connectivity index (χ1n) is 13.6. The van der Waals surface area contributed by atoms with Crippen molar-refractivity contribution in [3.63, 3.8) is 0 Å². The molecule has 2 fully saturated rings. The molecule has 39 heavy (non-hydrogen) atoms. The van der Waals surface area contributed by atoms with E-state index in [0.717, 1.165) is 31.2 Å². The van der Waals surface area contributed by atoms with Crippen LogP contribution >= 0.6 is 0 Å². The molecule has 2 aromatic rings. The van der Waals surface area contributed by atoms with E-state index in [4.69, 9.17) is 0 Å². The predicted molar refractivity (Wildman–Crippen MR) is 138 cm³/mol. The first-order valence-corrected chi connectivity index (χ1v) is 13.6. The number of alkyl halides is 3. The number of anilines is 1. The van der Waals surface area contributed by atoms with Crippen LogP contribution in [0.4, 0.5) is 18.9 Å². The van der Waals surface area contributed by atoms with Crippen LogP contribution in [-0.2, 0) is 16.0 Å². The van der Waals surface area contributed by atoms with Crippen LogP contribution in [0.1, 0.15) is 79.5 Å². The Hall–Kier alpha value is -3.37. The van der Waals surface area contributed by atoms with Crippen LogP contribution in [0.2, 0.25) is 0 Å². The minimum Gasteiger partial charge on any atom is -0.346 e. The first-order chi connectivity index (χ1) is 18.5. The van der Waals surface area contributed by atoms with E-state index in [1.54, 1.807) is 35.1 Å². The molecule has 8 nitrogen and oxygen atoms in total. The lowest BCUT2D eigenvalue weighted by Gasteiger charge is -2.28. The van der Waals surface area contributed by atoms with Gasteiger partial charge in [-0.05, 0) is 99.5 Å². The summed E-state index contributed by atoms with van der Waals surface area (Å²) in [5.74, 6) is -1.07. The van der Waals surface area contributed by atoms with Crippen molar-refractivity contribution in [3.8, 4) is 0 Å². The summed E-state index contributed by atoms with van der Waals surface area (Å²) < 4.78 is 39.2. The minimum atomic E-state index is -4.47. The Morgan fingerprint density at radius 2 is 1.74 bits per heavy atom. The molecule has 3 aliphatic rings. The van der Waals surface area contributed by atoms with Crippen molar-refractivity contribution in [2.75, 3.05) is 11.9 Å². The third-order valence-electron chi connectivity index (χ3n) is 7.95. The molecule has 0 saturated heterocycles. The summed E-state index contributed by atoms with van der Waals surface area (Å²) in [4.78, 5) is 39.3. The van der Waals surface area contributed by atoms with Crippen LogP contribution in [0.3, 0.4) is 0 Å². The zero-order valence-electron chi connectivity index (χ0n) is 22.1. The lowest BCUT2D eigenvalue weighted by atomic mass is 9.88. The smallest absolute Gasteiger partial charge is 0.346 e. The second-order valence-corrected chi connectivity index (χ2v) is 11.3. The lowest BCUT2D eigenvalue weighted by Crippen LogP contribution is -2.50. The number of aryl methyl sites for hydroxylation is 1. The SMILES string of the molecule is CC(C)n1nccc1C(=O)N[C@H](C(=O)Nc1ccc2c(c1)CCC2C(=O)NCC(F)(F)F)C(C1CC1)C1CC1. The van der Waals surface area contributed by atoms with Gasteiger partial charge in [-0.2, -0.15) is 18.3 Å². The van der Waals surface area contributed by atoms with Gasteiger partial charge in [-0.3, -0.25) is 19.1 Å². The number of nitrogens with one attached hydrogen (secondary N) is 3. The minimum absolute atomic E-state index is 0.0125. The fourth-order valence-electron chi connectivity index (χ4n) is 5.85. The number of hydrogen-bond acceptors (Lipinski definition) is 4. The molecule has 1 unspecified atom stereocenters. The topological polar surface area (TPSA) is 105 Å². The number of benzene rings is 1. The Morgan fingerprint density at radius 3 is 2.36 bits per heavy atom.